The lowest BCUT2D eigenvalue weighted by Crippen LogP contribution is -2.16. The van der Waals surface area contributed by atoms with Crippen LogP contribution in [0.3, 0.4) is 0 Å². The standard InChI is InChI=1S/C14H18O3S2/c1-14(2,3)19-13(18)17-10-9-16-12(15)11-7-5-4-6-8-11/h4-8H,9-10H2,1-3H3. The predicted octanol–water partition coefficient (Wildman–Crippen LogP) is 3.68. The average Bonchev–Trinajstić information content (AvgIpc) is 2.33. The number of thiocarbonyl (C=S) groups is 1. The molecular weight excluding hydrogens is 280 g/mol. The van der Waals surface area contributed by atoms with Crippen LogP contribution in [0.15, 0.2) is 30.3 Å². The molecule has 0 radical (unpaired) electrons. The van der Waals surface area contributed by atoms with E-state index in [0.29, 0.717) is 9.95 Å². The molecule has 3 nitrogen and oxygen atoms in total. The molecule has 0 saturated carbocycles. The molecular formula is C14H18O3S2. The van der Waals surface area contributed by atoms with Crippen LogP contribution < -0.4 is 0 Å². The van der Waals surface area contributed by atoms with Crippen LogP contribution in [0.2, 0.25) is 0 Å². The van der Waals surface area contributed by atoms with Crippen molar-refractivity contribution in [3.63, 3.8) is 0 Å². The number of carbonyl (C=O) groups is 1. The van der Waals surface area contributed by atoms with Gasteiger partial charge in [0.1, 0.15) is 13.2 Å². The molecule has 19 heavy (non-hydrogen) atoms. The predicted molar refractivity (Wildman–Crippen MR) is 82.6 cm³/mol. The van der Waals surface area contributed by atoms with Crippen LogP contribution in [0.5, 0.6) is 0 Å². The molecule has 5 heteroatoms. The van der Waals surface area contributed by atoms with Crippen LogP contribution in [-0.4, -0.2) is 28.3 Å². The van der Waals surface area contributed by atoms with Gasteiger partial charge in [0.25, 0.3) is 0 Å². The van der Waals surface area contributed by atoms with Gasteiger partial charge in [0.05, 0.1) is 5.56 Å². The van der Waals surface area contributed by atoms with E-state index in [9.17, 15) is 4.79 Å². The summed E-state index contributed by atoms with van der Waals surface area (Å²) in [7, 11) is 0. The molecule has 0 saturated heterocycles. The number of rotatable bonds is 4. The number of hydrogen-bond donors (Lipinski definition) is 0. The second kappa shape index (κ2) is 7.50. The van der Waals surface area contributed by atoms with Gasteiger partial charge in [0, 0.05) is 4.75 Å². The maximum Gasteiger partial charge on any atom is 0.338 e. The third-order valence-electron chi connectivity index (χ3n) is 1.94. The Morgan fingerprint density at radius 2 is 1.74 bits per heavy atom. The highest BCUT2D eigenvalue weighted by molar-refractivity contribution is 8.23. The quantitative estimate of drug-likeness (QED) is 0.481. The summed E-state index contributed by atoms with van der Waals surface area (Å²) in [6, 6.07) is 8.86. The first kappa shape index (κ1) is 16.0. The van der Waals surface area contributed by atoms with Crippen LogP contribution in [0.25, 0.3) is 0 Å². The van der Waals surface area contributed by atoms with E-state index >= 15 is 0 Å². The summed E-state index contributed by atoms with van der Waals surface area (Å²) in [5, 5.41) is 0. The SMILES string of the molecule is CC(C)(C)SC(=S)OCCOC(=O)c1ccccc1. The Hall–Kier alpha value is -1.07. The van der Waals surface area contributed by atoms with E-state index in [1.165, 1.54) is 11.8 Å². The molecule has 0 aromatic heterocycles. The molecule has 1 rings (SSSR count). The van der Waals surface area contributed by atoms with Gasteiger partial charge in [-0.15, -0.1) is 0 Å². The number of esters is 1. The molecule has 0 aliphatic rings. The third-order valence-corrected chi connectivity index (χ3v) is 3.20. The Morgan fingerprint density at radius 1 is 1.16 bits per heavy atom. The number of benzene rings is 1. The highest BCUT2D eigenvalue weighted by atomic mass is 32.2. The van der Waals surface area contributed by atoms with E-state index in [0.717, 1.165) is 0 Å². The summed E-state index contributed by atoms with van der Waals surface area (Å²) in [6.45, 7) is 6.65. The first-order valence-electron chi connectivity index (χ1n) is 5.96. The summed E-state index contributed by atoms with van der Waals surface area (Å²) in [5.41, 5.74) is 0.536. The van der Waals surface area contributed by atoms with Crippen molar-refractivity contribution in [2.75, 3.05) is 13.2 Å². The summed E-state index contributed by atoms with van der Waals surface area (Å²) in [4.78, 5) is 11.6. The Kier molecular flexibility index (Phi) is 6.31. The second-order valence-electron chi connectivity index (χ2n) is 4.81. The van der Waals surface area contributed by atoms with Crippen molar-refractivity contribution in [2.45, 2.75) is 25.5 Å². The van der Waals surface area contributed by atoms with Crippen LogP contribution in [0.1, 0.15) is 31.1 Å². The van der Waals surface area contributed by atoms with Crippen LogP contribution in [0, 0.1) is 0 Å². The van der Waals surface area contributed by atoms with E-state index in [4.69, 9.17) is 21.7 Å². The van der Waals surface area contributed by atoms with Gasteiger partial charge >= 0.3 is 5.97 Å². The minimum atomic E-state index is -0.349. The molecule has 1 aromatic rings. The molecule has 0 amide bonds. The van der Waals surface area contributed by atoms with Crippen molar-refractivity contribution < 1.29 is 14.3 Å². The molecule has 0 spiro atoms. The minimum Gasteiger partial charge on any atom is -0.475 e. The Balaban J connectivity index is 2.21. The second-order valence-corrected chi connectivity index (χ2v) is 7.24. The van der Waals surface area contributed by atoms with Gasteiger partial charge in [0.2, 0.25) is 4.38 Å². The molecule has 104 valence electrons. The third kappa shape index (κ3) is 7.18. The molecule has 0 bridgehead atoms. The number of ether oxygens (including phenoxy) is 2. The molecule has 0 unspecified atom stereocenters. The lowest BCUT2D eigenvalue weighted by molar-refractivity contribution is 0.0448. The van der Waals surface area contributed by atoms with E-state index < -0.39 is 0 Å². The number of carbonyl (C=O) groups excluding carboxylic acids is 1. The largest absolute Gasteiger partial charge is 0.475 e. The first-order valence-corrected chi connectivity index (χ1v) is 7.19. The van der Waals surface area contributed by atoms with Gasteiger partial charge in [-0.2, -0.15) is 0 Å². The van der Waals surface area contributed by atoms with E-state index in [1.807, 2.05) is 6.07 Å². The van der Waals surface area contributed by atoms with Crippen molar-refractivity contribution in [2.24, 2.45) is 0 Å². The van der Waals surface area contributed by atoms with Crippen LogP contribution >= 0.6 is 24.0 Å². The van der Waals surface area contributed by atoms with Gasteiger partial charge in [-0.25, -0.2) is 4.79 Å². The highest BCUT2D eigenvalue weighted by Crippen LogP contribution is 2.25. The van der Waals surface area contributed by atoms with Crippen molar-refractivity contribution in [1.29, 1.82) is 0 Å². The lowest BCUT2D eigenvalue weighted by Gasteiger charge is -2.17. The molecule has 0 aliphatic carbocycles. The maximum absolute atomic E-state index is 11.6. The highest BCUT2D eigenvalue weighted by Gasteiger charge is 2.15. The molecule has 0 N–H and O–H groups in total. The summed E-state index contributed by atoms with van der Waals surface area (Å²) in [5.74, 6) is -0.349. The van der Waals surface area contributed by atoms with Gasteiger partial charge < -0.3 is 9.47 Å². The monoisotopic (exact) mass is 298 g/mol. The van der Waals surface area contributed by atoms with Crippen molar-refractivity contribution in [3.8, 4) is 0 Å². The summed E-state index contributed by atoms with van der Waals surface area (Å²) in [6.07, 6.45) is 0. The van der Waals surface area contributed by atoms with Crippen molar-refractivity contribution in [3.05, 3.63) is 35.9 Å². The zero-order valence-electron chi connectivity index (χ0n) is 11.3. The summed E-state index contributed by atoms with van der Waals surface area (Å²) < 4.78 is 10.9. The van der Waals surface area contributed by atoms with E-state index in [-0.39, 0.29) is 23.9 Å². The Morgan fingerprint density at radius 3 is 2.32 bits per heavy atom. The van der Waals surface area contributed by atoms with Crippen molar-refractivity contribution >= 4 is 34.3 Å². The zero-order chi connectivity index (χ0) is 14.3. The zero-order valence-corrected chi connectivity index (χ0v) is 13.0. The molecule has 0 aliphatic heterocycles. The van der Waals surface area contributed by atoms with Gasteiger partial charge in [-0.3, -0.25) is 0 Å². The van der Waals surface area contributed by atoms with Crippen LogP contribution in [0.4, 0.5) is 0 Å². The van der Waals surface area contributed by atoms with Gasteiger partial charge in [-0.1, -0.05) is 50.7 Å². The average molecular weight is 298 g/mol. The van der Waals surface area contributed by atoms with Crippen molar-refractivity contribution in [1.82, 2.24) is 0 Å². The fourth-order valence-corrected chi connectivity index (χ4v) is 2.67. The van der Waals surface area contributed by atoms with E-state index in [1.54, 1.807) is 24.3 Å². The minimum absolute atomic E-state index is 0.0256. The number of thioether (sulfide) groups is 1. The van der Waals surface area contributed by atoms with Crippen LogP contribution in [-0.2, 0) is 9.47 Å². The molecule has 0 fully saturated rings. The molecule has 0 atom stereocenters. The van der Waals surface area contributed by atoms with Gasteiger partial charge in [0.15, 0.2) is 0 Å². The fraction of sp³-hybridized carbons (Fsp3) is 0.429. The Bertz CT molecular complexity index is 424. The maximum atomic E-state index is 11.6. The molecule has 0 heterocycles. The molecule has 1 aromatic carbocycles. The smallest absolute Gasteiger partial charge is 0.338 e. The fourth-order valence-electron chi connectivity index (χ4n) is 1.20. The number of hydrogen-bond acceptors (Lipinski definition) is 5. The lowest BCUT2D eigenvalue weighted by atomic mass is 10.2. The first-order chi connectivity index (χ1) is 8.88. The topological polar surface area (TPSA) is 35.5 Å². The van der Waals surface area contributed by atoms with E-state index in [2.05, 4.69) is 20.8 Å². The summed E-state index contributed by atoms with van der Waals surface area (Å²) >= 11 is 6.56. The van der Waals surface area contributed by atoms with Gasteiger partial charge in [-0.05, 0) is 24.4 Å². The normalized spacial score (nSPS) is 10.9. The Labute approximate surface area is 123 Å².